The predicted molar refractivity (Wildman–Crippen MR) is 80.6 cm³/mol. The Bertz CT molecular complexity index is 1010. The standard InChI is InChI=1S/C14H11N3O6S/c1-21-13(18)9-4-3-5-10-11(9)23-12(17-10)8-6-15-14(16-7-8)24(19,20)22-2/h3-7H,1-2H3. The highest BCUT2D eigenvalue weighted by molar-refractivity contribution is 7.86. The lowest BCUT2D eigenvalue weighted by atomic mass is 10.2. The number of oxazole rings is 1. The molecule has 2 aromatic heterocycles. The Hall–Kier alpha value is -2.85. The molecule has 0 atom stereocenters. The Kier molecular flexibility index (Phi) is 3.99. The van der Waals surface area contributed by atoms with Crippen LogP contribution in [0.15, 0.2) is 40.2 Å². The zero-order valence-electron chi connectivity index (χ0n) is 12.6. The topological polar surface area (TPSA) is 121 Å². The zero-order valence-corrected chi connectivity index (χ0v) is 13.4. The van der Waals surface area contributed by atoms with Gasteiger partial charge in [-0.15, -0.1) is 0 Å². The fraction of sp³-hybridized carbons (Fsp3) is 0.143. The molecule has 9 nitrogen and oxygen atoms in total. The van der Waals surface area contributed by atoms with Crippen LogP contribution in [0.5, 0.6) is 0 Å². The minimum atomic E-state index is -3.98. The summed E-state index contributed by atoms with van der Waals surface area (Å²) in [7, 11) is -1.70. The molecule has 0 spiro atoms. The third-order valence-corrected chi connectivity index (χ3v) is 4.24. The van der Waals surface area contributed by atoms with Crippen LogP contribution in [0.1, 0.15) is 10.4 Å². The van der Waals surface area contributed by atoms with Gasteiger partial charge in [-0.1, -0.05) is 6.07 Å². The minimum Gasteiger partial charge on any atom is -0.465 e. The number of benzene rings is 1. The van der Waals surface area contributed by atoms with E-state index < -0.39 is 21.2 Å². The maximum atomic E-state index is 11.7. The van der Waals surface area contributed by atoms with Gasteiger partial charge < -0.3 is 9.15 Å². The van der Waals surface area contributed by atoms with Crippen LogP contribution < -0.4 is 0 Å². The summed E-state index contributed by atoms with van der Waals surface area (Å²) in [6.45, 7) is 0. The average Bonchev–Trinajstić information content (AvgIpc) is 3.05. The number of nitrogens with zero attached hydrogens (tertiary/aromatic N) is 3. The van der Waals surface area contributed by atoms with E-state index in [9.17, 15) is 13.2 Å². The number of fused-ring (bicyclic) bond motifs is 1. The van der Waals surface area contributed by atoms with Gasteiger partial charge in [0.1, 0.15) is 11.1 Å². The number of carbonyl (C=O) groups is 1. The lowest BCUT2D eigenvalue weighted by Crippen LogP contribution is -2.07. The number of hydrogen-bond donors (Lipinski definition) is 0. The van der Waals surface area contributed by atoms with E-state index in [1.165, 1.54) is 19.5 Å². The summed E-state index contributed by atoms with van der Waals surface area (Å²) in [4.78, 5) is 23.4. The van der Waals surface area contributed by atoms with Crippen molar-refractivity contribution in [2.24, 2.45) is 0 Å². The van der Waals surface area contributed by atoms with Gasteiger partial charge in [0.25, 0.3) is 5.16 Å². The number of methoxy groups -OCH3 is 1. The largest absolute Gasteiger partial charge is 0.465 e. The third-order valence-electron chi connectivity index (χ3n) is 3.14. The van der Waals surface area contributed by atoms with Gasteiger partial charge in [-0.2, -0.15) is 8.42 Å². The number of aromatic nitrogens is 3. The molecule has 0 aliphatic carbocycles. The highest BCUT2D eigenvalue weighted by atomic mass is 32.2. The van der Waals surface area contributed by atoms with Gasteiger partial charge in [-0.05, 0) is 12.1 Å². The lowest BCUT2D eigenvalue weighted by molar-refractivity contribution is 0.0602. The molecule has 2 heterocycles. The first kappa shape index (κ1) is 16.0. The van der Waals surface area contributed by atoms with Crippen molar-refractivity contribution in [3.63, 3.8) is 0 Å². The van der Waals surface area contributed by atoms with Crippen molar-refractivity contribution < 1.29 is 26.5 Å². The van der Waals surface area contributed by atoms with Gasteiger partial charge in [0.2, 0.25) is 5.89 Å². The van der Waals surface area contributed by atoms with E-state index in [4.69, 9.17) is 9.15 Å². The van der Waals surface area contributed by atoms with Crippen molar-refractivity contribution in [2.75, 3.05) is 14.2 Å². The molecule has 0 saturated carbocycles. The number of esters is 1. The molecule has 0 bridgehead atoms. The van der Waals surface area contributed by atoms with Crippen molar-refractivity contribution in [3.05, 3.63) is 36.2 Å². The summed E-state index contributed by atoms with van der Waals surface area (Å²) >= 11 is 0. The first-order chi connectivity index (χ1) is 11.5. The van der Waals surface area contributed by atoms with Crippen LogP contribution in [-0.4, -0.2) is 43.6 Å². The van der Waals surface area contributed by atoms with E-state index in [1.807, 2.05) is 0 Å². The Labute approximate surface area is 136 Å². The lowest BCUT2D eigenvalue weighted by Gasteiger charge is -1.99. The fourth-order valence-corrected chi connectivity index (χ4v) is 2.49. The van der Waals surface area contributed by atoms with Crippen LogP contribution in [-0.2, 0) is 19.0 Å². The maximum absolute atomic E-state index is 11.7. The quantitative estimate of drug-likeness (QED) is 0.391. The van der Waals surface area contributed by atoms with E-state index in [0.717, 1.165) is 7.11 Å². The number of ether oxygens (including phenoxy) is 1. The second-order valence-corrected chi connectivity index (χ2v) is 6.15. The van der Waals surface area contributed by atoms with E-state index >= 15 is 0 Å². The van der Waals surface area contributed by atoms with Crippen molar-refractivity contribution in [1.29, 1.82) is 0 Å². The van der Waals surface area contributed by atoms with Crippen LogP contribution in [0.4, 0.5) is 0 Å². The molecule has 0 amide bonds. The van der Waals surface area contributed by atoms with Crippen molar-refractivity contribution in [2.45, 2.75) is 5.16 Å². The van der Waals surface area contributed by atoms with Crippen LogP contribution in [0.3, 0.4) is 0 Å². The molecule has 24 heavy (non-hydrogen) atoms. The normalized spacial score (nSPS) is 11.6. The number of hydrogen-bond acceptors (Lipinski definition) is 9. The summed E-state index contributed by atoms with van der Waals surface area (Å²) in [5.41, 5.74) is 1.28. The minimum absolute atomic E-state index is 0.141. The Morgan fingerprint density at radius 2 is 1.88 bits per heavy atom. The molecule has 0 aliphatic heterocycles. The summed E-state index contributed by atoms with van der Waals surface area (Å²) in [5.74, 6) is -0.413. The van der Waals surface area contributed by atoms with Crippen LogP contribution in [0, 0.1) is 0 Å². The Morgan fingerprint density at radius 3 is 2.50 bits per heavy atom. The first-order valence-electron chi connectivity index (χ1n) is 6.57. The zero-order chi connectivity index (χ0) is 17.3. The smallest absolute Gasteiger partial charge is 0.341 e. The molecule has 0 fully saturated rings. The molecule has 0 saturated heterocycles. The summed E-state index contributed by atoms with van der Waals surface area (Å²) in [6.07, 6.45) is 2.48. The van der Waals surface area contributed by atoms with Gasteiger partial charge in [0, 0.05) is 12.4 Å². The van der Waals surface area contributed by atoms with Crippen molar-refractivity contribution in [3.8, 4) is 11.5 Å². The molecule has 1 aromatic carbocycles. The second kappa shape index (κ2) is 5.98. The molecule has 0 radical (unpaired) electrons. The van der Waals surface area contributed by atoms with E-state index in [0.29, 0.717) is 11.1 Å². The van der Waals surface area contributed by atoms with Gasteiger partial charge in [0.15, 0.2) is 5.58 Å². The van der Waals surface area contributed by atoms with Crippen LogP contribution in [0.2, 0.25) is 0 Å². The molecule has 3 rings (SSSR count). The van der Waals surface area contributed by atoms with E-state index in [1.54, 1.807) is 18.2 Å². The number of rotatable bonds is 4. The maximum Gasteiger partial charge on any atom is 0.341 e. The number of para-hydroxylation sites is 1. The SMILES string of the molecule is COC(=O)c1cccc2nc(-c3cnc(S(=O)(=O)OC)nc3)oc12. The number of carbonyl (C=O) groups excluding carboxylic acids is 1. The van der Waals surface area contributed by atoms with Crippen LogP contribution >= 0.6 is 0 Å². The third kappa shape index (κ3) is 2.72. The average molecular weight is 349 g/mol. The fourth-order valence-electron chi connectivity index (χ4n) is 1.97. The Balaban J connectivity index is 2.06. The summed E-state index contributed by atoms with van der Waals surface area (Å²) in [5, 5.41) is -0.472. The van der Waals surface area contributed by atoms with Gasteiger partial charge in [-0.3, -0.25) is 4.18 Å². The van der Waals surface area contributed by atoms with Crippen LogP contribution in [0.25, 0.3) is 22.6 Å². The Morgan fingerprint density at radius 1 is 1.17 bits per heavy atom. The summed E-state index contributed by atoms with van der Waals surface area (Å²) in [6, 6.07) is 4.86. The molecule has 0 unspecified atom stereocenters. The van der Waals surface area contributed by atoms with Gasteiger partial charge in [0.05, 0.1) is 19.8 Å². The molecule has 124 valence electrons. The summed E-state index contributed by atoms with van der Waals surface area (Å²) < 4.78 is 37.6. The second-order valence-electron chi connectivity index (χ2n) is 4.54. The molecular formula is C14H11N3O6S. The van der Waals surface area contributed by atoms with Crippen molar-refractivity contribution in [1.82, 2.24) is 15.0 Å². The molecular weight excluding hydrogens is 338 g/mol. The molecule has 3 aromatic rings. The van der Waals surface area contributed by atoms with Crippen molar-refractivity contribution >= 4 is 27.2 Å². The van der Waals surface area contributed by atoms with Gasteiger partial charge >= 0.3 is 16.1 Å². The predicted octanol–water partition coefficient (Wildman–Crippen LogP) is 1.41. The van der Waals surface area contributed by atoms with E-state index in [-0.39, 0.29) is 17.0 Å². The molecule has 0 aliphatic rings. The first-order valence-corrected chi connectivity index (χ1v) is 7.98. The highest BCUT2D eigenvalue weighted by Crippen LogP contribution is 2.26. The highest BCUT2D eigenvalue weighted by Gasteiger charge is 2.19. The van der Waals surface area contributed by atoms with E-state index in [2.05, 4.69) is 19.1 Å². The van der Waals surface area contributed by atoms with Gasteiger partial charge in [-0.25, -0.2) is 19.7 Å². The monoisotopic (exact) mass is 349 g/mol. The molecule has 0 N–H and O–H groups in total. The molecule has 10 heteroatoms.